The zero-order valence-corrected chi connectivity index (χ0v) is 11.7. The van der Waals surface area contributed by atoms with Crippen LogP contribution in [0.5, 0.6) is 0 Å². The molecule has 0 fully saturated rings. The van der Waals surface area contributed by atoms with E-state index < -0.39 is 0 Å². The maximum absolute atomic E-state index is 11.7. The van der Waals surface area contributed by atoms with Gasteiger partial charge in [0.25, 0.3) is 5.91 Å². The molecular weight excluding hydrogens is 244 g/mol. The lowest BCUT2D eigenvalue weighted by atomic mass is 10.3. The first-order valence-corrected chi connectivity index (χ1v) is 6.33. The summed E-state index contributed by atoms with van der Waals surface area (Å²) in [6, 6.07) is 3.70. The highest BCUT2D eigenvalue weighted by Gasteiger charge is 2.08. The second kappa shape index (κ2) is 7.65. The summed E-state index contributed by atoms with van der Waals surface area (Å²) in [5.41, 5.74) is 2.65. The van der Waals surface area contributed by atoms with Crippen LogP contribution in [-0.2, 0) is 0 Å². The fourth-order valence-electron chi connectivity index (χ4n) is 1.41. The third-order valence-electron chi connectivity index (χ3n) is 2.90. The molecule has 0 saturated carbocycles. The number of aromatic nitrogens is 2. The minimum Gasteiger partial charge on any atom is -0.351 e. The van der Waals surface area contributed by atoms with E-state index in [-0.39, 0.29) is 11.6 Å². The summed E-state index contributed by atoms with van der Waals surface area (Å²) in [4.78, 5) is 14.0. The number of nitrogens with one attached hydrogen (secondary N) is 2. The third kappa shape index (κ3) is 5.19. The van der Waals surface area contributed by atoms with Crippen molar-refractivity contribution in [3.8, 4) is 0 Å². The molecule has 0 saturated heterocycles. The van der Waals surface area contributed by atoms with Crippen molar-refractivity contribution in [2.75, 3.05) is 25.6 Å². The molecule has 1 aromatic heterocycles. The molecule has 7 nitrogen and oxygen atoms in total. The Bertz CT molecular complexity index is 392. The second-order valence-electron chi connectivity index (χ2n) is 4.63. The molecule has 0 radical (unpaired) electrons. The van der Waals surface area contributed by atoms with E-state index in [9.17, 15) is 4.79 Å². The van der Waals surface area contributed by atoms with Crippen LogP contribution >= 0.6 is 0 Å². The van der Waals surface area contributed by atoms with Crippen LogP contribution in [0.1, 0.15) is 30.8 Å². The minimum absolute atomic E-state index is 0.219. The van der Waals surface area contributed by atoms with E-state index in [0.29, 0.717) is 18.4 Å². The second-order valence-corrected chi connectivity index (χ2v) is 4.63. The fraction of sp³-hybridized carbons (Fsp3) is 0.583. The molecule has 0 spiro atoms. The lowest BCUT2D eigenvalue weighted by Gasteiger charge is -2.20. The molecule has 1 amide bonds. The van der Waals surface area contributed by atoms with Gasteiger partial charge in [0.15, 0.2) is 11.5 Å². The Kier molecular flexibility index (Phi) is 6.17. The zero-order chi connectivity index (χ0) is 14.3. The van der Waals surface area contributed by atoms with E-state index in [4.69, 9.17) is 5.84 Å². The Balaban J connectivity index is 2.31. The first kappa shape index (κ1) is 15.3. The quantitative estimate of drug-likeness (QED) is 0.371. The van der Waals surface area contributed by atoms with Gasteiger partial charge in [-0.1, -0.05) is 0 Å². The summed E-state index contributed by atoms with van der Waals surface area (Å²) >= 11 is 0. The minimum atomic E-state index is -0.219. The van der Waals surface area contributed by atoms with Crippen molar-refractivity contribution in [1.82, 2.24) is 20.4 Å². The summed E-state index contributed by atoms with van der Waals surface area (Å²) < 4.78 is 0. The summed E-state index contributed by atoms with van der Waals surface area (Å²) in [6.45, 7) is 5.84. The monoisotopic (exact) mass is 266 g/mol. The van der Waals surface area contributed by atoms with Crippen LogP contribution < -0.4 is 16.6 Å². The first-order valence-electron chi connectivity index (χ1n) is 6.33. The normalized spacial score (nSPS) is 10.8. The van der Waals surface area contributed by atoms with Crippen LogP contribution in [0.25, 0.3) is 0 Å². The number of rotatable bonds is 7. The highest BCUT2D eigenvalue weighted by atomic mass is 16.1. The van der Waals surface area contributed by atoms with Crippen LogP contribution in [0.3, 0.4) is 0 Å². The zero-order valence-electron chi connectivity index (χ0n) is 11.7. The number of carbonyl (C=O) groups excluding carboxylic acids is 1. The van der Waals surface area contributed by atoms with E-state index in [2.05, 4.69) is 46.7 Å². The lowest BCUT2D eigenvalue weighted by molar-refractivity contribution is 0.0945. The van der Waals surface area contributed by atoms with Gasteiger partial charge in [-0.05, 0) is 46.0 Å². The molecule has 0 atom stereocenters. The molecule has 1 heterocycles. The van der Waals surface area contributed by atoms with Crippen LogP contribution in [0, 0.1) is 0 Å². The Morgan fingerprint density at radius 3 is 2.68 bits per heavy atom. The van der Waals surface area contributed by atoms with Crippen molar-refractivity contribution in [1.29, 1.82) is 0 Å². The standard InChI is InChI=1S/C12H22N6O/c1-9(2)18(3)8-4-7-14-12(19)10-5-6-11(15-13)17-16-10/h5-6,9H,4,7-8,13H2,1-3H3,(H,14,19)(H,15,17). The Morgan fingerprint density at radius 2 is 2.16 bits per heavy atom. The predicted molar refractivity (Wildman–Crippen MR) is 74.6 cm³/mol. The molecule has 0 unspecified atom stereocenters. The number of nitrogen functional groups attached to an aromatic ring is 1. The number of hydrazine groups is 1. The van der Waals surface area contributed by atoms with E-state index >= 15 is 0 Å². The molecular formula is C12H22N6O. The molecule has 7 heteroatoms. The largest absolute Gasteiger partial charge is 0.351 e. The Hall–Kier alpha value is -1.73. The van der Waals surface area contributed by atoms with Gasteiger partial charge in [0.2, 0.25) is 0 Å². The summed E-state index contributed by atoms with van der Waals surface area (Å²) in [7, 11) is 2.07. The van der Waals surface area contributed by atoms with Gasteiger partial charge in [-0.15, -0.1) is 10.2 Å². The number of nitrogens with zero attached hydrogens (tertiary/aromatic N) is 3. The van der Waals surface area contributed by atoms with Crippen molar-refractivity contribution < 1.29 is 4.79 Å². The van der Waals surface area contributed by atoms with Gasteiger partial charge in [0, 0.05) is 12.6 Å². The number of hydrogen-bond donors (Lipinski definition) is 3. The Morgan fingerprint density at radius 1 is 1.42 bits per heavy atom. The molecule has 19 heavy (non-hydrogen) atoms. The maximum atomic E-state index is 11.7. The molecule has 1 aromatic rings. The maximum Gasteiger partial charge on any atom is 0.271 e. The molecule has 0 aromatic carbocycles. The lowest BCUT2D eigenvalue weighted by Crippen LogP contribution is -2.31. The van der Waals surface area contributed by atoms with Crippen molar-refractivity contribution in [3.63, 3.8) is 0 Å². The van der Waals surface area contributed by atoms with Crippen LogP contribution in [0.2, 0.25) is 0 Å². The van der Waals surface area contributed by atoms with Crippen LogP contribution in [-0.4, -0.2) is 47.2 Å². The summed E-state index contributed by atoms with van der Waals surface area (Å²) in [6.07, 6.45) is 0.899. The number of amides is 1. The predicted octanol–water partition coefficient (Wildman–Crippen LogP) is 0.222. The average molecular weight is 266 g/mol. The number of nitrogens with two attached hydrogens (primary N) is 1. The van der Waals surface area contributed by atoms with Gasteiger partial charge in [0.1, 0.15) is 0 Å². The molecule has 0 aliphatic carbocycles. The molecule has 0 aliphatic heterocycles. The topological polar surface area (TPSA) is 96.2 Å². The molecule has 4 N–H and O–H groups in total. The number of anilines is 1. The fourth-order valence-corrected chi connectivity index (χ4v) is 1.41. The Labute approximate surface area is 113 Å². The van der Waals surface area contributed by atoms with Crippen molar-refractivity contribution >= 4 is 11.7 Å². The third-order valence-corrected chi connectivity index (χ3v) is 2.90. The van der Waals surface area contributed by atoms with Crippen molar-refractivity contribution in [2.24, 2.45) is 5.84 Å². The van der Waals surface area contributed by atoms with Gasteiger partial charge >= 0.3 is 0 Å². The molecule has 0 aliphatic rings. The van der Waals surface area contributed by atoms with Gasteiger partial charge in [-0.3, -0.25) is 4.79 Å². The van der Waals surface area contributed by atoms with E-state index in [1.54, 1.807) is 12.1 Å². The smallest absolute Gasteiger partial charge is 0.271 e. The first-order chi connectivity index (χ1) is 9.04. The highest BCUT2D eigenvalue weighted by molar-refractivity contribution is 5.92. The molecule has 1 rings (SSSR count). The van der Waals surface area contributed by atoms with E-state index in [0.717, 1.165) is 13.0 Å². The SMILES string of the molecule is CC(C)N(C)CCCNC(=O)c1ccc(NN)nn1. The van der Waals surface area contributed by atoms with Crippen LogP contribution in [0.15, 0.2) is 12.1 Å². The van der Waals surface area contributed by atoms with Gasteiger partial charge in [0.05, 0.1) is 0 Å². The van der Waals surface area contributed by atoms with Gasteiger partial charge in [-0.25, -0.2) is 5.84 Å². The van der Waals surface area contributed by atoms with Crippen molar-refractivity contribution in [3.05, 3.63) is 17.8 Å². The molecule has 106 valence electrons. The summed E-state index contributed by atoms with van der Waals surface area (Å²) in [5, 5.41) is 10.3. The van der Waals surface area contributed by atoms with Gasteiger partial charge in [-0.2, -0.15) is 0 Å². The molecule has 0 bridgehead atoms. The van der Waals surface area contributed by atoms with E-state index in [1.807, 2.05) is 0 Å². The highest BCUT2D eigenvalue weighted by Crippen LogP contribution is 2.00. The van der Waals surface area contributed by atoms with E-state index in [1.165, 1.54) is 0 Å². The van der Waals surface area contributed by atoms with Crippen molar-refractivity contribution in [2.45, 2.75) is 26.3 Å². The van der Waals surface area contributed by atoms with Crippen LogP contribution in [0.4, 0.5) is 5.82 Å². The number of hydrogen-bond acceptors (Lipinski definition) is 6. The van der Waals surface area contributed by atoms with Gasteiger partial charge < -0.3 is 15.6 Å². The summed E-state index contributed by atoms with van der Waals surface area (Å²) in [5.74, 6) is 5.38. The number of carbonyl (C=O) groups is 1. The average Bonchev–Trinajstić information content (AvgIpc) is 2.43.